The number of unbranched alkanes of at least 4 members (excludes halogenated alkanes) is 4. The first-order valence-electron chi connectivity index (χ1n) is 14.3. The number of hydrogen-bond donors (Lipinski definition) is 0. The Morgan fingerprint density at radius 3 is 2.38 bits per heavy atom. The number of carbonyl (C=O) groups is 1. The Kier molecular flexibility index (Phi) is 10.8. The third-order valence-corrected chi connectivity index (χ3v) is 7.42. The summed E-state index contributed by atoms with van der Waals surface area (Å²) < 4.78 is 22.2. The predicted octanol–water partition coefficient (Wildman–Crippen LogP) is 7.83. The van der Waals surface area contributed by atoms with Gasteiger partial charge in [0.05, 0.1) is 31.3 Å². The highest BCUT2D eigenvalue weighted by atomic mass is 16.5. The number of fused-ring (bicyclic) bond motifs is 1. The van der Waals surface area contributed by atoms with Gasteiger partial charge in [-0.25, -0.2) is 9.78 Å². The largest absolute Gasteiger partial charge is 0.497 e. The highest BCUT2D eigenvalue weighted by Crippen LogP contribution is 2.37. The molecule has 2 heterocycles. The summed E-state index contributed by atoms with van der Waals surface area (Å²) in [7, 11) is 1.59. The summed E-state index contributed by atoms with van der Waals surface area (Å²) >= 11 is 0. The third kappa shape index (κ3) is 8.83. The van der Waals surface area contributed by atoms with Crippen LogP contribution in [0.15, 0.2) is 51.8 Å². The van der Waals surface area contributed by atoms with E-state index < -0.39 is 11.0 Å². The number of esters is 1. The minimum Gasteiger partial charge on any atom is -0.497 e. The van der Waals surface area contributed by atoms with E-state index in [1.54, 1.807) is 31.5 Å². The zero-order valence-corrected chi connectivity index (χ0v) is 25.2. The van der Waals surface area contributed by atoms with Crippen LogP contribution in [-0.4, -0.2) is 31.3 Å². The molecule has 1 unspecified atom stereocenters. The first-order chi connectivity index (χ1) is 18.9. The molecule has 3 aromatic rings. The van der Waals surface area contributed by atoms with E-state index in [2.05, 4.69) is 32.7 Å². The van der Waals surface area contributed by atoms with Crippen LogP contribution in [0.4, 0.5) is 0 Å². The van der Waals surface area contributed by atoms with Crippen molar-refractivity contribution in [3.8, 4) is 22.8 Å². The molecule has 0 N–H and O–H groups in total. The lowest BCUT2D eigenvalue weighted by Crippen LogP contribution is -2.35. The van der Waals surface area contributed by atoms with E-state index in [1.807, 2.05) is 32.0 Å². The summed E-state index contributed by atoms with van der Waals surface area (Å²) in [5.74, 6) is 1.25. The fraction of sp³-hybridized carbons (Fsp3) is 0.545. The van der Waals surface area contributed by atoms with E-state index in [4.69, 9.17) is 18.6 Å². The van der Waals surface area contributed by atoms with E-state index in [0.29, 0.717) is 36.0 Å². The molecular weight excluding hydrogens is 506 g/mol. The first kappa shape index (κ1) is 31.2. The van der Waals surface area contributed by atoms with Crippen LogP contribution in [0.3, 0.4) is 0 Å². The topological polar surface area (TPSA) is 87.9 Å². The maximum Gasteiger partial charge on any atom is 0.344 e. The summed E-state index contributed by atoms with van der Waals surface area (Å²) in [5, 5.41) is 0.720. The van der Waals surface area contributed by atoms with Gasteiger partial charge in [-0.2, -0.15) is 0 Å². The first-order valence-corrected chi connectivity index (χ1v) is 14.3. The van der Waals surface area contributed by atoms with Crippen molar-refractivity contribution in [3.05, 3.63) is 53.0 Å². The molecular formula is C33H45NO6. The van der Waals surface area contributed by atoms with Crippen LogP contribution in [0.1, 0.15) is 80.1 Å². The normalized spacial score (nSPS) is 12.8. The molecule has 0 saturated heterocycles. The van der Waals surface area contributed by atoms with Gasteiger partial charge in [0, 0.05) is 17.6 Å². The van der Waals surface area contributed by atoms with Crippen molar-refractivity contribution in [2.75, 3.05) is 20.3 Å². The zero-order valence-electron chi connectivity index (χ0n) is 25.2. The molecule has 0 aliphatic rings. The van der Waals surface area contributed by atoms with Crippen molar-refractivity contribution in [2.45, 2.75) is 80.1 Å². The second-order valence-corrected chi connectivity index (χ2v) is 12.4. The van der Waals surface area contributed by atoms with E-state index in [0.717, 1.165) is 49.5 Å². The van der Waals surface area contributed by atoms with Gasteiger partial charge in [-0.05, 0) is 68.2 Å². The Labute approximate surface area is 238 Å². The average molecular weight is 552 g/mol. The standard InChI is InChI=1S/C33H45NO6/c1-23(21-32(2,3)4)33(5,6)31(36)39-17-12-10-8-9-11-16-38-29-20-28-25(22-34-29)19-27(30(35)40-28)24-14-13-15-26(18-24)37-7/h13-15,18-20,22-23H,8-12,16-17,21H2,1-7H3. The van der Waals surface area contributed by atoms with Gasteiger partial charge in [0.15, 0.2) is 0 Å². The van der Waals surface area contributed by atoms with Crippen molar-refractivity contribution in [1.82, 2.24) is 4.98 Å². The molecule has 0 radical (unpaired) electrons. The molecule has 0 aliphatic heterocycles. The lowest BCUT2D eigenvalue weighted by atomic mass is 9.72. The van der Waals surface area contributed by atoms with Crippen molar-refractivity contribution >= 4 is 16.9 Å². The van der Waals surface area contributed by atoms with E-state index in [1.165, 1.54) is 0 Å². The number of pyridine rings is 1. The lowest BCUT2D eigenvalue weighted by Gasteiger charge is -2.34. The molecule has 0 amide bonds. The second kappa shape index (κ2) is 13.8. The van der Waals surface area contributed by atoms with Gasteiger partial charge in [-0.15, -0.1) is 0 Å². The van der Waals surface area contributed by atoms with Crippen LogP contribution in [0.5, 0.6) is 11.6 Å². The van der Waals surface area contributed by atoms with Crippen molar-refractivity contribution in [1.29, 1.82) is 0 Å². The molecule has 40 heavy (non-hydrogen) atoms. The van der Waals surface area contributed by atoms with Gasteiger partial charge < -0.3 is 18.6 Å². The fourth-order valence-corrected chi connectivity index (χ4v) is 4.70. The van der Waals surface area contributed by atoms with Crippen LogP contribution in [0.25, 0.3) is 22.1 Å². The molecule has 7 heteroatoms. The number of hydrogen-bond acceptors (Lipinski definition) is 7. The minimum absolute atomic E-state index is 0.104. The number of nitrogens with zero attached hydrogens (tertiary/aromatic N) is 1. The van der Waals surface area contributed by atoms with Crippen LogP contribution in [-0.2, 0) is 9.53 Å². The van der Waals surface area contributed by atoms with Gasteiger partial charge in [0.2, 0.25) is 5.88 Å². The third-order valence-electron chi connectivity index (χ3n) is 7.42. The van der Waals surface area contributed by atoms with Crippen LogP contribution in [0, 0.1) is 16.7 Å². The maximum atomic E-state index is 12.6. The van der Waals surface area contributed by atoms with Crippen LogP contribution < -0.4 is 15.1 Å². The van der Waals surface area contributed by atoms with Gasteiger partial charge >= 0.3 is 11.6 Å². The number of benzene rings is 1. The maximum absolute atomic E-state index is 12.6. The molecule has 2 aromatic heterocycles. The highest BCUT2D eigenvalue weighted by molar-refractivity contribution is 5.81. The van der Waals surface area contributed by atoms with Gasteiger partial charge in [-0.3, -0.25) is 4.79 Å². The van der Waals surface area contributed by atoms with Crippen molar-refractivity contribution in [2.24, 2.45) is 16.7 Å². The van der Waals surface area contributed by atoms with Gasteiger partial charge in [0.1, 0.15) is 11.3 Å². The quantitative estimate of drug-likeness (QED) is 0.149. The van der Waals surface area contributed by atoms with Crippen LogP contribution >= 0.6 is 0 Å². The Morgan fingerprint density at radius 2 is 1.68 bits per heavy atom. The Morgan fingerprint density at radius 1 is 0.975 bits per heavy atom. The molecule has 0 saturated carbocycles. The summed E-state index contributed by atoms with van der Waals surface area (Å²) in [6, 6.07) is 10.7. The van der Waals surface area contributed by atoms with Gasteiger partial charge in [-0.1, -0.05) is 59.1 Å². The van der Waals surface area contributed by atoms with E-state index in [-0.39, 0.29) is 17.3 Å². The van der Waals surface area contributed by atoms with Crippen molar-refractivity contribution in [3.63, 3.8) is 0 Å². The van der Waals surface area contributed by atoms with Crippen molar-refractivity contribution < 1.29 is 23.4 Å². The monoisotopic (exact) mass is 551 g/mol. The number of carbonyl (C=O) groups excluding carboxylic acids is 1. The second-order valence-electron chi connectivity index (χ2n) is 12.4. The van der Waals surface area contributed by atoms with E-state index >= 15 is 0 Å². The molecule has 0 fully saturated rings. The number of methoxy groups -OCH3 is 1. The summed E-state index contributed by atoms with van der Waals surface area (Å²) in [4.78, 5) is 29.6. The molecule has 0 bridgehead atoms. The molecule has 7 nitrogen and oxygen atoms in total. The minimum atomic E-state index is -0.484. The van der Waals surface area contributed by atoms with Crippen LogP contribution in [0.2, 0.25) is 0 Å². The van der Waals surface area contributed by atoms with E-state index in [9.17, 15) is 9.59 Å². The Bertz CT molecular complexity index is 1320. The SMILES string of the molecule is COc1cccc(-c2cc3cnc(OCCCCCCCOC(=O)C(C)(C)C(C)CC(C)(C)C)cc3oc2=O)c1. The summed E-state index contributed by atoms with van der Waals surface area (Å²) in [6.45, 7) is 13.7. The molecule has 1 aromatic carbocycles. The highest BCUT2D eigenvalue weighted by Gasteiger charge is 2.37. The predicted molar refractivity (Wildman–Crippen MR) is 159 cm³/mol. The smallest absolute Gasteiger partial charge is 0.344 e. The lowest BCUT2D eigenvalue weighted by molar-refractivity contribution is -0.157. The number of aromatic nitrogens is 1. The number of ether oxygens (including phenoxy) is 3. The Balaban J connectivity index is 1.37. The molecule has 0 spiro atoms. The summed E-state index contributed by atoms with van der Waals surface area (Å²) in [5.41, 5.74) is 0.891. The number of rotatable bonds is 14. The molecule has 0 aliphatic carbocycles. The summed E-state index contributed by atoms with van der Waals surface area (Å²) in [6.07, 6.45) is 7.43. The fourth-order valence-electron chi connectivity index (χ4n) is 4.70. The molecule has 1 atom stereocenters. The van der Waals surface area contributed by atoms with Gasteiger partial charge in [0.25, 0.3) is 0 Å². The zero-order chi connectivity index (χ0) is 29.3. The average Bonchev–Trinajstić information content (AvgIpc) is 2.90. The Hall–Kier alpha value is -3.35. The molecule has 218 valence electrons. The molecule has 3 rings (SSSR count).